The number of halogens is 1. The quantitative estimate of drug-likeness (QED) is 0.468. The summed E-state index contributed by atoms with van der Waals surface area (Å²) in [6.07, 6.45) is 3.10. The number of benzene rings is 2. The van der Waals surface area contributed by atoms with Crippen LogP contribution < -0.4 is 5.32 Å². The Labute approximate surface area is 172 Å². The lowest BCUT2D eigenvalue weighted by Crippen LogP contribution is -2.32. The van der Waals surface area contributed by atoms with Gasteiger partial charge in [-0.1, -0.05) is 23.7 Å². The molecular weight excluding hydrogens is 396 g/mol. The van der Waals surface area contributed by atoms with E-state index in [1.54, 1.807) is 11.0 Å². The van der Waals surface area contributed by atoms with Gasteiger partial charge in [0.05, 0.1) is 27.9 Å². The first-order chi connectivity index (χ1) is 13.8. The third-order valence-corrected chi connectivity index (χ3v) is 4.86. The van der Waals surface area contributed by atoms with Crippen LogP contribution in [0.15, 0.2) is 55.1 Å². The summed E-state index contributed by atoms with van der Waals surface area (Å²) >= 11 is 6.03. The van der Waals surface area contributed by atoms with Crippen LogP contribution in [-0.4, -0.2) is 44.1 Å². The molecule has 2 aromatic carbocycles. The van der Waals surface area contributed by atoms with Gasteiger partial charge in [-0.2, -0.15) is 5.10 Å². The van der Waals surface area contributed by atoms with Crippen molar-refractivity contribution in [2.45, 2.75) is 13.0 Å². The van der Waals surface area contributed by atoms with E-state index in [0.29, 0.717) is 5.69 Å². The first-order valence-corrected chi connectivity index (χ1v) is 9.12. The molecule has 0 bridgehead atoms. The van der Waals surface area contributed by atoms with Crippen LogP contribution in [0.4, 0.5) is 11.4 Å². The van der Waals surface area contributed by atoms with E-state index in [4.69, 9.17) is 11.6 Å². The molecule has 1 unspecified atom stereocenters. The molecule has 10 heteroatoms. The third-order valence-electron chi connectivity index (χ3n) is 4.55. The summed E-state index contributed by atoms with van der Waals surface area (Å²) in [7, 11) is 1.84. The molecule has 9 nitrogen and oxygen atoms in total. The number of carbonyl (C=O) groups excluding carboxylic acids is 1. The van der Waals surface area contributed by atoms with Crippen molar-refractivity contribution in [3.8, 4) is 5.69 Å². The summed E-state index contributed by atoms with van der Waals surface area (Å²) in [6.45, 7) is 2.12. The normalized spacial score (nSPS) is 12.0. The lowest BCUT2D eigenvalue weighted by molar-refractivity contribution is -0.384. The van der Waals surface area contributed by atoms with Crippen molar-refractivity contribution >= 4 is 28.9 Å². The number of anilines is 1. The fraction of sp³-hybridized carbons (Fsp3) is 0.211. The molecule has 1 N–H and O–H groups in total. The molecule has 1 atom stereocenters. The van der Waals surface area contributed by atoms with E-state index in [1.807, 2.05) is 43.1 Å². The lowest BCUT2D eigenvalue weighted by Gasteiger charge is -2.24. The number of amides is 1. The van der Waals surface area contributed by atoms with Crippen LogP contribution in [0.2, 0.25) is 5.02 Å². The molecule has 1 heterocycles. The number of nitro groups is 1. The van der Waals surface area contributed by atoms with Crippen molar-refractivity contribution in [2.75, 3.05) is 18.9 Å². The molecule has 0 aliphatic carbocycles. The summed E-state index contributed by atoms with van der Waals surface area (Å²) < 4.78 is 1.67. The van der Waals surface area contributed by atoms with E-state index in [-0.39, 0.29) is 29.2 Å². The zero-order valence-electron chi connectivity index (χ0n) is 15.8. The third kappa shape index (κ3) is 4.95. The van der Waals surface area contributed by atoms with Gasteiger partial charge in [-0.3, -0.25) is 19.8 Å². The minimum Gasteiger partial charge on any atom is -0.324 e. The number of aromatic nitrogens is 3. The van der Waals surface area contributed by atoms with Crippen LogP contribution in [0.1, 0.15) is 18.5 Å². The second kappa shape index (κ2) is 8.80. The van der Waals surface area contributed by atoms with E-state index in [9.17, 15) is 14.9 Å². The zero-order chi connectivity index (χ0) is 21.0. The Bertz CT molecular complexity index is 1010. The van der Waals surface area contributed by atoms with Crippen molar-refractivity contribution < 1.29 is 9.72 Å². The average molecular weight is 415 g/mol. The highest BCUT2D eigenvalue weighted by Crippen LogP contribution is 2.27. The molecule has 0 fully saturated rings. The Morgan fingerprint density at radius 1 is 1.31 bits per heavy atom. The number of rotatable bonds is 7. The standard InChI is InChI=1S/C19H19ClN6O3/c1-13(14-3-5-15(6-4-14)25-12-21-11-22-25)24(2)10-19(27)23-18-8-7-16(26(28)29)9-17(18)20/h3-9,11-13H,10H2,1-2H3,(H,23,27). The molecule has 0 spiro atoms. The number of nitrogens with zero attached hydrogens (tertiary/aromatic N) is 5. The second-order valence-corrected chi connectivity index (χ2v) is 6.90. The summed E-state index contributed by atoms with van der Waals surface area (Å²) in [5, 5.41) is 17.7. The van der Waals surface area contributed by atoms with Gasteiger partial charge >= 0.3 is 0 Å². The first-order valence-electron chi connectivity index (χ1n) is 8.74. The molecule has 0 radical (unpaired) electrons. The molecule has 29 heavy (non-hydrogen) atoms. The zero-order valence-corrected chi connectivity index (χ0v) is 16.6. The predicted molar refractivity (Wildman–Crippen MR) is 109 cm³/mol. The number of nitrogens with one attached hydrogen (secondary N) is 1. The summed E-state index contributed by atoms with van der Waals surface area (Å²) in [6, 6.07) is 11.7. The van der Waals surface area contributed by atoms with Crippen LogP contribution in [0, 0.1) is 10.1 Å². The lowest BCUT2D eigenvalue weighted by atomic mass is 10.1. The van der Waals surface area contributed by atoms with Crippen molar-refractivity contribution in [2.24, 2.45) is 0 Å². The Morgan fingerprint density at radius 3 is 2.62 bits per heavy atom. The molecule has 150 valence electrons. The number of carbonyl (C=O) groups is 1. The monoisotopic (exact) mass is 414 g/mol. The van der Waals surface area contributed by atoms with Crippen molar-refractivity contribution in [3.05, 3.63) is 75.8 Å². The van der Waals surface area contributed by atoms with E-state index in [0.717, 1.165) is 11.3 Å². The molecule has 1 amide bonds. The maximum absolute atomic E-state index is 12.4. The Kier molecular flexibility index (Phi) is 6.20. The first kappa shape index (κ1) is 20.4. The largest absolute Gasteiger partial charge is 0.324 e. The summed E-state index contributed by atoms with van der Waals surface area (Å²) in [5.74, 6) is -0.269. The molecule has 0 saturated heterocycles. The van der Waals surface area contributed by atoms with Gasteiger partial charge in [0.15, 0.2) is 0 Å². The number of non-ortho nitro benzene ring substituents is 1. The highest BCUT2D eigenvalue weighted by atomic mass is 35.5. The fourth-order valence-corrected chi connectivity index (χ4v) is 3.00. The van der Waals surface area contributed by atoms with Gasteiger partial charge in [0.2, 0.25) is 5.91 Å². The maximum Gasteiger partial charge on any atom is 0.271 e. The van der Waals surface area contributed by atoms with Crippen LogP contribution in [0.3, 0.4) is 0 Å². The molecule has 0 aliphatic rings. The van der Waals surface area contributed by atoms with Crippen molar-refractivity contribution in [1.82, 2.24) is 19.7 Å². The van der Waals surface area contributed by atoms with Crippen LogP contribution >= 0.6 is 11.6 Å². The highest BCUT2D eigenvalue weighted by molar-refractivity contribution is 6.34. The van der Waals surface area contributed by atoms with E-state index in [1.165, 1.54) is 24.5 Å². The SMILES string of the molecule is CC(c1ccc(-n2cncn2)cc1)N(C)CC(=O)Nc1ccc([N+](=O)[O-])cc1Cl. The van der Waals surface area contributed by atoms with Gasteiger partial charge in [-0.25, -0.2) is 9.67 Å². The summed E-state index contributed by atoms with van der Waals surface area (Å²) in [5.41, 5.74) is 2.14. The van der Waals surface area contributed by atoms with Gasteiger partial charge < -0.3 is 5.32 Å². The average Bonchev–Trinajstić information content (AvgIpc) is 3.23. The van der Waals surface area contributed by atoms with Gasteiger partial charge in [0, 0.05) is 18.2 Å². The minimum atomic E-state index is -0.541. The summed E-state index contributed by atoms with van der Waals surface area (Å²) in [4.78, 5) is 28.4. The molecule has 0 saturated carbocycles. The maximum atomic E-state index is 12.4. The van der Waals surface area contributed by atoms with Gasteiger partial charge in [-0.15, -0.1) is 0 Å². The van der Waals surface area contributed by atoms with Gasteiger partial charge in [0.25, 0.3) is 5.69 Å². The van der Waals surface area contributed by atoms with E-state index in [2.05, 4.69) is 15.4 Å². The van der Waals surface area contributed by atoms with E-state index >= 15 is 0 Å². The molecule has 0 aliphatic heterocycles. The van der Waals surface area contributed by atoms with Gasteiger partial charge in [-0.05, 0) is 37.7 Å². The molecular formula is C19H19ClN6O3. The molecule has 3 aromatic rings. The number of nitro benzene ring substituents is 1. The fourth-order valence-electron chi connectivity index (χ4n) is 2.77. The minimum absolute atomic E-state index is 0.0159. The Balaban J connectivity index is 1.61. The number of hydrogen-bond acceptors (Lipinski definition) is 6. The molecule has 1 aromatic heterocycles. The van der Waals surface area contributed by atoms with Crippen LogP contribution in [-0.2, 0) is 4.79 Å². The topological polar surface area (TPSA) is 106 Å². The smallest absolute Gasteiger partial charge is 0.271 e. The highest BCUT2D eigenvalue weighted by Gasteiger charge is 2.17. The Hall–Kier alpha value is -3.30. The van der Waals surface area contributed by atoms with Crippen molar-refractivity contribution in [3.63, 3.8) is 0 Å². The number of likely N-dealkylation sites (N-methyl/N-ethyl adjacent to an activating group) is 1. The van der Waals surface area contributed by atoms with Gasteiger partial charge in [0.1, 0.15) is 12.7 Å². The predicted octanol–water partition coefficient (Wildman–Crippen LogP) is 3.46. The van der Waals surface area contributed by atoms with Crippen LogP contribution in [0.5, 0.6) is 0 Å². The Morgan fingerprint density at radius 2 is 2.03 bits per heavy atom. The number of hydrogen-bond donors (Lipinski definition) is 1. The molecule has 3 rings (SSSR count). The second-order valence-electron chi connectivity index (χ2n) is 6.49. The van der Waals surface area contributed by atoms with E-state index < -0.39 is 4.92 Å². The van der Waals surface area contributed by atoms with Crippen LogP contribution in [0.25, 0.3) is 5.69 Å². The van der Waals surface area contributed by atoms with Crippen molar-refractivity contribution in [1.29, 1.82) is 0 Å².